The van der Waals surface area contributed by atoms with E-state index < -0.39 is 0 Å². The highest BCUT2D eigenvalue weighted by Gasteiger charge is 2.00. The average Bonchev–Trinajstić information content (AvgIpc) is 2.62. The molecule has 0 atom stereocenters. The van der Waals surface area contributed by atoms with E-state index in [0.717, 1.165) is 33.8 Å². The van der Waals surface area contributed by atoms with Gasteiger partial charge in [0.2, 0.25) is 0 Å². The molecule has 2 aromatic heterocycles. The summed E-state index contributed by atoms with van der Waals surface area (Å²) in [4.78, 5) is 19.3. The van der Waals surface area contributed by atoms with E-state index in [1.165, 1.54) is 0 Å². The van der Waals surface area contributed by atoms with Gasteiger partial charge in [0, 0.05) is 23.0 Å². The van der Waals surface area contributed by atoms with Crippen molar-refractivity contribution in [3.63, 3.8) is 0 Å². The third-order valence-corrected chi connectivity index (χ3v) is 3.56. The molecule has 0 aliphatic heterocycles. The maximum absolute atomic E-state index is 10.6. The first-order valence-corrected chi connectivity index (χ1v) is 7.44. The maximum atomic E-state index is 10.6. The predicted molar refractivity (Wildman–Crippen MR) is 93.2 cm³/mol. The van der Waals surface area contributed by atoms with Crippen LogP contribution in [0.1, 0.15) is 21.5 Å². The summed E-state index contributed by atoms with van der Waals surface area (Å²) in [7, 11) is 0. The van der Waals surface area contributed by atoms with Gasteiger partial charge in [0.1, 0.15) is 0 Å². The van der Waals surface area contributed by atoms with Gasteiger partial charge in [0.25, 0.3) is 0 Å². The number of aldehydes is 1. The molecule has 0 amide bonds. The SMILES string of the molecule is O=Cc1ccc(-c2ccc(/C=C/c3ccc(Cl)cc3)cn2)nc1. The van der Waals surface area contributed by atoms with E-state index in [4.69, 9.17) is 11.6 Å². The van der Waals surface area contributed by atoms with Crippen molar-refractivity contribution >= 4 is 30.0 Å². The molecule has 0 fully saturated rings. The molecule has 3 nitrogen and oxygen atoms in total. The molecule has 2 heterocycles. The van der Waals surface area contributed by atoms with Gasteiger partial charge < -0.3 is 0 Å². The van der Waals surface area contributed by atoms with Crippen LogP contribution >= 0.6 is 11.6 Å². The second-order valence-corrected chi connectivity index (χ2v) is 5.39. The molecule has 0 spiro atoms. The number of hydrogen-bond donors (Lipinski definition) is 0. The van der Waals surface area contributed by atoms with Crippen LogP contribution in [0.5, 0.6) is 0 Å². The van der Waals surface area contributed by atoms with Gasteiger partial charge in [-0.1, -0.05) is 42.0 Å². The Morgan fingerprint density at radius 1 is 0.696 bits per heavy atom. The molecule has 112 valence electrons. The number of nitrogens with zero attached hydrogens (tertiary/aromatic N) is 2. The summed E-state index contributed by atoms with van der Waals surface area (Å²) in [6.45, 7) is 0. The first-order valence-electron chi connectivity index (χ1n) is 7.06. The molecule has 3 rings (SSSR count). The summed E-state index contributed by atoms with van der Waals surface area (Å²) < 4.78 is 0. The molecule has 3 aromatic rings. The minimum atomic E-state index is 0.552. The van der Waals surface area contributed by atoms with Crippen molar-refractivity contribution in [2.24, 2.45) is 0 Å². The van der Waals surface area contributed by atoms with Gasteiger partial charge in [-0.3, -0.25) is 14.8 Å². The fourth-order valence-electron chi connectivity index (χ4n) is 2.05. The second kappa shape index (κ2) is 6.99. The Morgan fingerprint density at radius 2 is 1.22 bits per heavy atom. The molecule has 1 aromatic carbocycles. The monoisotopic (exact) mass is 320 g/mol. The number of benzene rings is 1. The number of carbonyl (C=O) groups excluding carboxylic acids is 1. The number of halogens is 1. The summed E-state index contributed by atoms with van der Waals surface area (Å²) in [6, 6.07) is 15.0. The number of pyridine rings is 2. The lowest BCUT2D eigenvalue weighted by atomic mass is 10.1. The molecule has 0 N–H and O–H groups in total. The van der Waals surface area contributed by atoms with Crippen LogP contribution in [0.2, 0.25) is 5.02 Å². The van der Waals surface area contributed by atoms with Gasteiger partial charge in [0.15, 0.2) is 6.29 Å². The van der Waals surface area contributed by atoms with Crippen molar-refractivity contribution in [2.75, 3.05) is 0 Å². The lowest BCUT2D eigenvalue weighted by Crippen LogP contribution is -1.89. The van der Waals surface area contributed by atoms with E-state index in [-0.39, 0.29) is 0 Å². The lowest BCUT2D eigenvalue weighted by molar-refractivity contribution is 0.112. The molecule has 23 heavy (non-hydrogen) atoms. The zero-order valence-electron chi connectivity index (χ0n) is 12.2. The smallest absolute Gasteiger partial charge is 0.151 e. The van der Waals surface area contributed by atoms with E-state index in [9.17, 15) is 4.79 Å². The van der Waals surface area contributed by atoms with Gasteiger partial charge in [-0.25, -0.2) is 0 Å². The van der Waals surface area contributed by atoms with Crippen LogP contribution in [-0.2, 0) is 0 Å². The molecular formula is C19H13ClN2O. The van der Waals surface area contributed by atoms with Crippen molar-refractivity contribution in [1.82, 2.24) is 9.97 Å². The molecule has 0 bridgehead atoms. The highest BCUT2D eigenvalue weighted by molar-refractivity contribution is 6.30. The third-order valence-electron chi connectivity index (χ3n) is 3.31. The van der Waals surface area contributed by atoms with Crippen LogP contribution in [0.25, 0.3) is 23.5 Å². The highest BCUT2D eigenvalue weighted by Crippen LogP contribution is 2.16. The van der Waals surface area contributed by atoms with E-state index in [0.29, 0.717) is 5.56 Å². The molecule has 4 heteroatoms. The minimum Gasteiger partial charge on any atom is -0.298 e. The van der Waals surface area contributed by atoms with Gasteiger partial charge in [0.05, 0.1) is 11.4 Å². The van der Waals surface area contributed by atoms with Crippen LogP contribution in [0.15, 0.2) is 60.9 Å². The Balaban J connectivity index is 1.75. The molecule has 0 aliphatic rings. The Morgan fingerprint density at radius 3 is 1.74 bits per heavy atom. The molecule has 0 saturated carbocycles. The molecule has 0 aliphatic carbocycles. The largest absolute Gasteiger partial charge is 0.298 e. The van der Waals surface area contributed by atoms with Gasteiger partial charge >= 0.3 is 0 Å². The summed E-state index contributed by atoms with van der Waals surface area (Å²) in [5.74, 6) is 0. The number of rotatable bonds is 4. The maximum Gasteiger partial charge on any atom is 0.151 e. The molecular weight excluding hydrogens is 308 g/mol. The van der Waals surface area contributed by atoms with Gasteiger partial charge in [-0.15, -0.1) is 0 Å². The van der Waals surface area contributed by atoms with Crippen LogP contribution in [0.3, 0.4) is 0 Å². The van der Waals surface area contributed by atoms with Crippen molar-refractivity contribution in [1.29, 1.82) is 0 Å². The van der Waals surface area contributed by atoms with E-state index in [1.54, 1.807) is 24.5 Å². The predicted octanol–water partition coefficient (Wildman–Crippen LogP) is 4.78. The first-order chi connectivity index (χ1) is 11.2. The summed E-state index contributed by atoms with van der Waals surface area (Å²) in [5, 5.41) is 0.723. The normalized spacial score (nSPS) is 10.8. The van der Waals surface area contributed by atoms with E-state index in [2.05, 4.69) is 9.97 Å². The zero-order valence-corrected chi connectivity index (χ0v) is 12.9. The Kier molecular flexibility index (Phi) is 4.60. The van der Waals surface area contributed by atoms with Crippen LogP contribution in [0.4, 0.5) is 0 Å². The number of aromatic nitrogens is 2. The van der Waals surface area contributed by atoms with Crippen LogP contribution in [0, 0.1) is 0 Å². The zero-order chi connectivity index (χ0) is 16.1. The van der Waals surface area contributed by atoms with Gasteiger partial charge in [-0.05, 0) is 41.5 Å². The lowest BCUT2D eigenvalue weighted by Gasteiger charge is -2.01. The first kappa shape index (κ1) is 15.1. The highest BCUT2D eigenvalue weighted by atomic mass is 35.5. The van der Waals surface area contributed by atoms with Crippen molar-refractivity contribution in [3.8, 4) is 11.4 Å². The van der Waals surface area contributed by atoms with Crippen molar-refractivity contribution in [3.05, 3.63) is 82.6 Å². The van der Waals surface area contributed by atoms with E-state index >= 15 is 0 Å². The second-order valence-electron chi connectivity index (χ2n) is 4.96. The minimum absolute atomic E-state index is 0.552. The summed E-state index contributed by atoms with van der Waals surface area (Å²) in [6.07, 6.45) is 8.09. The van der Waals surface area contributed by atoms with Gasteiger partial charge in [-0.2, -0.15) is 0 Å². The Hall–Kier alpha value is -2.78. The standard InChI is InChI=1S/C19H13ClN2O/c20-17-7-3-14(4-8-17)1-2-15-5-9-18(21-11-15)19-10-6-16(13-23)12-22-19/h1-13H/b2-1+. The Bertz CT molecular complexity index is 823. The fraction of sp³-hybridized carbons (Fsp3) is 0. The summed E-state index contributed by atoms with van der Waals surface area (Å²) in [5.41, 5.74) is 4.13. The number of hydrogen-bond acceptors (Lipinski definition) is 3. The average molecular weight is 321 g/mol. The number of carbonyl (C=O) groups is 1. The quantitative estimate of drug-likeness (QED) is 0.650. The molecule has 0 unspecified atom stereocenters. The molecule has 0 saturated heterocycles. The van der Waals surface area contributed by atoms with Crippen molar-refractivity contribution < 1.29 is 4.79 Å². The third kappa shape index (κ3) is 3.90. The topological polar surface area (TPSA) is 42.9 Å². The fourth-order valence-corrected chi connectivity index (χ4v) is 2.17. The van der Waals surface area contributed by atoms with Crippen molar-refractivity contribution in [2.45, 2.75) is 0 Å². The summed E-state index contributed by atoms with van der Waals surface area (Å²) >= 11 is 5.86. The molecule has 0 radical (unpaired) electrons. The Labute approximate surface area is 139 Å². The van der Waals surface area contributed by atoms with E-state index in [1.807, 2.05) is 48.6 Å². The van der Waals surface area contributed by atoms with Crippen LogP contribution in [-0.4, -0.2) is 16.3 Å². The van der Waals surface area contributed by atoms with Crippen LogP contribution < -0.4 is 0 Å².